The molecule has 4 heterocycles. The van der Waals surface area contributed by atoms with E-state index < -0.39 is 0 Å². The van der Waals surface area contributed by atoms with E-state index in [2.05, 4.69) is 4.90 Å². The third-order valence-corrected chi connectivity index (χ3v) is 6.46. The lowest BCUT2D eigenvalue weighted by molar-refractivity contribution is -0.136. The minimum Gasteiger partial charge on any atom is -0.440 e. The minimum atomic E-state index is -0.206. The SMILES string of the molecule is COCCN1CCC2(CCN(Cc3nc(-c4cccs4)oc3C)C2)C1=O. The van der Waals surface area contributed by atoms with Gasteiger partial charge in [-0.05, 0) is 37.8 Å². The van der Waals surface area contributed by atoms with Crippen molar-refractivity contribution < 1.29 is 13.9 Å². The minimum absolute atomic E-state index is 0.206. The Bertz CT molecular complexity index is 773. The number of hydrogen-bond donors (Lipinski definition) is 0. The second-order valence-electron chi connectivity index (χ2n) is 7.28. The van der Waals surface area contributed by atoms with E-state index in [0.717, 1.165) is 55.4 Å². The largest absolute Gasteiger partial charge is 0.440 e. The second kappa shape index (κ2) is 7.13. The molecular formula is C19H25N3O3S. The molecule has 1 amide bonds. The molecule has 2 aromatic rings. The Kier molecular flexibility index (Phi) is 4.86. The van der Waals surface area contributed by atoms with E-state index in [0.29, 0.717) is 24.9 Å². The summed E-state index contributed by atoms with van der Waals surface area (Å²) in [5.74, 6) is 1.87. The van der Waals surface area contributed by atoms with Crippen molar-refractivity contribution >= 4 is 17.2 Å². The van der Waals surface area contributed by atoms with Crippen LogP contribution in [0.5, 0.6) is 0 Å². The first-order valence-corrected chi connectivity index (χ1v) is 10.0. The monoisotopic (exact) mass is 375 g/mol. The van der Waals surface area contributed by atoms with Crippen LogP contribution in [0.4, 0.5) is 0 Å². The van der Waals surface area contributed by atoms with E-state index in [9.17, 15) is 4.79 Å². The van der Waals surface area contributed by atoms with Gasteiger partial charge in [0, 0.05) is 33.3 Å². The third kappa shape index (κ3) is 3.19. The highest BCUT2D eigenvalue weighted by atomic mass is 32.1. The van der Waals surface area contributed by atoms with Gasteiger partial charge < -0.3 is 14.1 Å². The number of carbonyl (C=O) groups is 1. The van der Waals surface area contributed by atoms with Gasteiger partial charge in [-0.15, -0.1) is 11.3 Å². The van der Waals surface area contributed by atoms with Gasteiger partial charge in [0.05, 0.1) is 22.6 Å². The van der Waals surface area contributed by atoms with Crippen LogP contribution in [-0.4, -0.2) is 60.6 Å². The summed E-state index contributed by atoms with van der Waals surface area (Å²) in [6.45, 7) is 6.62. The summed E-state index contributed by atoms with van der Waals surface area (Å²) in [5.41, 5.74) is 0.772. The van der Waals surface area contributed by atoms with Crippen molar-refractivity contribution in [3.63, 3.8) is 0 Å². The van der Waals surface area contributed by atoms with E-state index in [-0.39, 0.29) is 5.41 Å². The zero-order valence-electron chi connectivity index (χ0n) is 15.4. The number of hydrogen-bond acceptors (Lipinski definition) is 6. The van der Waals surface area contributed by atoms with Crippen LogP contribution < -0.4 is 0 Å². The molecule has 26 heavy (non-hydrogen) atoms. The normalized spacial score (nSPS) is 23.6. The van der Waals surface area contributed by atoms with Crippen LogP contribution in [0.25, 0.3) is 10.8 Å². The number of likely N-dealkylation sites (tertiary alicyclic amines) is 2. The average molecular weight is 375 g/mol. The number of nitrogens with zero attached hydrogens (tertiary/aromatic N) is 3. The Balaban J connectivity index is 1.42. The Labute approximate surface area is 157 Å². The Morgan fingerprint density at radius 3 is 3.00 bits per heavy atom. The number of aryl methyl sites for hydroxylation is 1. The van der Waals surface area contributed by atoms with Gasteiger partial charge >= 0.3 is 0 Å². The zero-order chi connectivity index (χ0) is 18.1. The molecule has 2 aliphatic rings. The van der Waals surface area contributed by atoms with Crippen LogP contribution in [0.1, 0.15) is 24.3 Å². The first-order valence-electron chi connectivity index (χ1n) is 9.12. The zero-order valence-corrected chi connectivity index (χ0v) is 16.2. The van der Waals surface area contributed by atoms with Gasteiger partial charge in [0.15, 0.2) is 0 Å². The first kappa shape index (κ1) is 17.7. The molecule has 0 aromatic carbocycles. The van der Waals surface area contributed by atoms with Crippen LogP contribution in [-0.2, 0) is 16.1 Å². The van der Waals surface area contributed by atoms with Gasteiger partial charge in [0.1, 0.15) is 5.76 Å². The summed E-state index contributed by atoms with van der Waals surface area (Å²) in [5, 5.41) is 2.03. The fraction of sp³-hybridized carbons (Fsp3) is 0.579. The maximum atomic E-state index is 12.9. The molecule has 0 bridgehead atoms. The van der Waals surface area contributed by atoms with Gasteiger partial charge in [0.25, 0.3) is 0 Å². The topological polar surface area (TPSA) is 58.8 Å². The maximum Gasteiger partial charge on any atom is 0.236 e. The molecule has 1 unspecified atom stereocenters. The van der Waals surface area contributed by atoms with Gasteiger partial charge in [-0.3, -0.25) is 9.69 Å². The summed E-state index contributed by atoms with van der Waals surface area (Å²) >= 11 is 1.63. The van der Waals surface area contributed by atoms with Gasteiger partial charge in [-0.25, -0.2) is 4.98 Å². The van der Waals surface area contributed by atoms with E-state index in [1.54, 1.807) is 18.4 Å². The highest BCUT2D eigenvalue weighted by Gasteiger charge is 2.50. The van der Waals surface area contributed by atoms with Crippen LogP contribution in [0.2, 0.25) is 0 Å². The molecule has 0 aliphatic carbocycles. The summed E-state index contributed by atoms with van der Waals surface area (Å²) in [4.78, 5) is 22.9. The number of aromatic nitrogens is 1. The van der Waals surface area contributed by atoms with Crippen molar-refractivity contribution in [2.24, 2.45) is 5.41 Å². The lowest BCUT2D eigenvalue weighted by atomic mass is 9.85. The van der Waals surface area contributed by atoms with Crippen LogP contribution in [0.15, 0.2) is 21.9 Å². The van der Waals surface area contributed by atoms with Crippen molar-refractivity contribution in [1.29, 1.82) is 0 Å². The molecule has 2 fully saturated rings. The molecule has 140 valence electrons. The van der Waals surface area contributed by atoms with Gasteiger partial charge in [-0.2, -0.15) is 0 Å². The molecule has 0 saturated carbocycles. The maximum absolute atomic E-state index is 12.9. The van der Waals surface area contributed by atoms with Gasteiger partial charge in [-0.1, -0.05) is 6.07 Å². The van der Waals surface area contributed by atoms with Crippen molar-refractivity contribution in [1.82, 2.24) is 14.8 Å². The molecule has 4 rings (SSSR count). The number of rotatable bonds is 6. The standard InChI is InChI=1S/C19H25N3O3S/c1-14-15(20-17(25-14)16-4-3-11-26-16)12-21-7-5-19(13-21)6-8-22(18(19)23)9-10-24-2/h3-4,11H,5-10,12-13H2,1-2H3. The predicted molar refractivity (Wildman–Crippen MR) is 100.0 cm³/mol. The molecule has 1 atom stereocenters. The molecule has 2 aliphatic heterocycles. The summed E-state index contributed by atoms with van der Waals surface area (Å²) in [7, 11) is 1.68. The first-order chi connectivity index (χ1) is 12.6. The van der Waals surface area contributed by atoms with Crippen molar-refractivity contribution in [2.75, 3.05) is 39.9 Å². The number of thiophene rings is 1. The summed E-state index contributed by atoms with van der Waals surface area (Å²) < 4.78 is 11.0. The van der Waals surface area contributed by atoms with Crippen molar-refractivity contribution in [2.45, 2.75) is 26.3 Å². The smallest absolute Gasteiger partial charge is 0.236 e. The van der Waals surface area contributed by atoms with Crippen LogP contribution in [0.3, 0.4) is 0 Å². The highest BCUT2D eigenvalue weighted by Crippen LogP contribution is 2.41. The number of methoxy groups -OCH3 is 1. The predicted octanol–water partition coefficient (Wildman–Crippen LogP) is 2.78. The Morgan fingerprint density at radius 1 is 1.38 bits per heavy atom. The number of oxazole rings is 1. The fourth-order valence-electron chi connectivity index (χ4n) is 4.07. The Morgan fingerprint density at radius 2 is 2.23 bits per heavy atom. The van der Waals surface area contributed by atoms with Crippen LogP contribution >= 0.6 is 11.3 Å². The fourth-order valence-corrected chi connectivity index (χ4v) is 4.72. The summed E-state index contributed by atoms with van der Waals surface area (Å²) in [6, 6.07) is 4.03. The molecule has 7 heteroatoms. The molecule has 0 radical (unpaired) electrons. The quantitative estimate of drug-likeness (QED) is 0.777. The average Bonchev–Trinajstić information content (AvgIpc) is 3.40. The summed E-state index contributed by atoms with van der Waals surface area (Å²) in [6.07, 6.45) is 1.88. The Hall–Kier alpha value is -1.70. The second-order valence-corrected chi connectivity index (χ2v) is 8.22. The third-order valence-electron chi connectivity index (χ3n) is 5.60. The number of carbonyl (C=O) groups excluding carboxylic acids is 1. The molecule has 1 spiro atoms. The highest BCUT2D eigenvalue weighted by molar-refractivity contribution is 7.13. The number of ether oxygens (including phenoxy) is 1. The number of amides is 1. The van der Waals surface area contributed by atoms with E-state index >= 15 is 0 Å². The van der Waals surface area contributed by atoms with Crippen LogP contribution in [0, 0.1) is 12.3 Å². The molecular weight excluding hydrogens is 350 g/mol. The van der Waals surface area contributed by atoms with E-state index in [1.807, 2.05) is 29.3 Å². The lowest BCUT2D eigenvalue weighted by Gasteiger charge is -2.23. The van der Waals surface area contributed by atoms with Crippen molar-refractivity contribution in [3.05, 3.63) is 29.0 Å². The van der Waals surface area contributed by atoms with E-state index in [1.165, 1.54) is 0 Å². The molecule has 6 nitrogen and oxygen atoms in total. The molecule has 2 aromatic heterocycles. The molecule has 0 N–H and O–H groups in total. The lowest BCUT2D eigenvalue weighted by Crippen LogP contribution is -2.38. The molecule has 2 saturated heterocycles. The van der Waals surface area contributed by atoms with Crippen molar-refractivity contribution in [3.8, 4) is 10.8 Å². The van der Waals surface area contributed by atoms with E-state index in [4.69, 9.17) is 14.1 Å². The van der Waals surface area contributed by atoms with Gasteiger partial charge in [0.2, 0.25) is 11.8 Å².